The van der Waals surface area contributed by atoms with Gasteiger partial charge < -0.3 is 19.6 Å². The second kappa shape index (κ2) is 10.3. The van der Waals surface area contributed by atoms with Gasteiger partial charge in [0.05, 0.1) is 18.7 Å². The van der Waals surface area contributed by atoms with Gasteiger partial charge >= 0.3 is 0 Å². The Morgan fingerprint density at radius 2 is 1.78 bits per heavy atom. The third-order valence-electron chi connectivity index (χ3n) is 5.95. The number of ketones is 1. The summed E-state index contributed by atoms with van der Waals surface area (Å²) in [5.41, 5.74) is 2.19. The van der Waals surface area contributed by atoms with E-state index in [0.717, 1.165) is 28.7 Å². The molecule has 0 radical (unpaired) electrons. The van der Waals surface area contributed by atoms with Crippen LogP contribution in [-0.4, -0.2) is 59.9 Å². The minimum absolute atomic E-state index is 0.112. The van der Waals surface area contributed by atoms with Gasteiger partial charge in [-0.25, -0.2) is 0 Å². The highest BCUT2D eigenvalue weighted by Crippen LogP contribution is 2.40. The van der Waals surface area contributed by atoms with Crippen LogP contribution in [0.1, 0.15) is 36.6 Å². The lowest BCUT2D eigenvalue weighted by Crippen LogP contribution is -2.38. The zero-order valence-electron chi connectivity index (χ0n) is 18.9. The number of methoxy groups -OCH3 is 1. The summed E-state index contributed by atoms with van der Waals surface area (Å²) < 4.78 is 6.20. The van der Waals surface area contributed by atoms with Crippen molar-refractivity contribution in [3.05, 3.63) is 69.2 Å². The number of carbonyl (C=O) groups excluding carboxylic acids is 2. The van der Waals surface area contributed by atoms with Crippen LogP contribution in [0.4, 0.5) is 0 Å². The first-order chi connectivity index (χ1) is 15.3. The van der Waals surface area contributed by atoms with Crippen LogP contribution < -0.4 is 4.74 Å². The van der Waals surface area contributed by atoms with Gasteiger partial charge in [0.25, 0.3) is 11.7 Å². The van der Waals surface area contributed by atoms with E-state index >= 15 is 0 Å². The van der Waals surface area contributed by atoms with Crippen molar-refractivity contribution in [3.8, 4) is 5.75 Å². The van der Waals surface area contributed by atoms with Crippen molar-refractivity contribution in [1.29, 1.82) is 0 Å². The first kappa shape index (κ1) is 24.0. The van der Waals surface area contributed by atoms with Gasteiger partial charge in [0.15, 0.2) is 0 Å². The molecule has 170 valence electrons. The summed E-state index contributed by atoms with van der Waals surface area (Å²) in [6.07, 6.45) is 0. The molecule has 3 rings (SSSR count). The SMILES string of the molecule is CCN(CC)CCN1C(=O)C(=O)/C(=C(\O)c2ccc(OC)c(C)c2)C1c1ccc(Br)cc1. The molecule has 1 heterocycles. The highest BCUT2D eigenvalue weighted by Gasteiger charge is 2.45. The molecule has 1 N–H and O–H groups in total. The molecule has 2 aromatic carbocycles. The second-order valence-electron chi connectivity index (χ2n) is 7.76. The Bertz CT molecular complexity index is 1030. The average molecular weight is 501 g/mol. The van der Waals surface area contributed by atoms with E-state index in [9.17, 15) is 14.7 Å². The van der Waals surface area contributed by atoms with Gasteiger partial charge in [0.1, 0.15) is 11.5 Å². The van der Waals surface area contributed by atoms with Crippen LogP contribution in [0.3, 0.4) is 0 Å². The van der Waals surface area contributed by atoms with Gasteiger partial charge in [0.2, 0.25) is 0 Å². The van der Waals surface area contributed by atoms with Crippen LogP contribution in [0.15, 0.2) is 52.5 Å². The van der Waals surface area contributed by atoms with E-state index < -0.39 is 17.7 Å². The monoisotopic (exact) mass is 500 g/mol. The molecule has 0 spiro atoms. The largest absolute Gasteiger partial charge is 0.507 e. The van der Waals surface area contributed by atoms with Gasteiger partial charge in [0, 0.05) is 23.1 Å². The fourth-order valence-electron chi connectivity index (χ4n) is 4.07. The number of likely N-dealkylation sites (N-methyl/N-ethyl adjacent to an activating group) is 1. The number of aliphatic hydroxyl groups is 1. The molecule has 1 saturated heterocycles. The number of halogens is 1. The number of hydrogen-bond donors (Lipinski definition) is 1. The van der Waals surface area contributed by atoms with Gasteiger partial charge in [-0.05, 0) is 61.5 Å². The number of aliphatic hydroxyl groups excluding tert-OH is 1. The smallest absolute Gasteiger partial charge is 0.295 e. The molecule has 0 bridgehead atoms. The molecule has 0 aromatic heterocycles. The van der Waals surface area contributed by atoms with Crippen molar-refractivity contribution < 1.29 is 19.4 Å². The van der Waals surface area contributed by atoms with Crippen LogP contribution in [0.5, 0.6) is 5.75 Å². The molecule has 1 aliphatic rings. The summed E-state index contributed by atoms with van der Waals surface area (Å²) in [5.74, 6) is -0.738. The number of benzene rings is 2. The first-order valence-electron chi connectivity index (χ1n) is 10.7. The van der Waals surface area contributed by atoms with E-state index in [1.807, 2.05) is 31.2 Å². The van der Waals surface area contributed by atoms with E-state index in [-0.39, 0.29) is 11.3 Å². The number of Topliss-reactive ketones (excluding diaryl/α,β-unsaturated/α-hetero) is 1. The third kappa shape index (κ3) is 4.74. The lowest BCUT2D eigenvalue weighted by atomic mass is 9.95. The maximum Gasteiger partial charge on any atom is 0.295 e. The normalized spacial score (nSPS) is 17.9. The van der Waals surface area contributed by atoms with E-state index in [2.05, 4.69) is 34.7 Å². The molecule has 1 unspecified atom stereocenters. The van der Waals surface area contributed by atoms with Gasteiger partial charge in [-0.2, -0.15) is 0 Å². The Hall–Kier alpha value is -2.64. The maximum atomic E-state index is 13.1. The standard InChI is InChI=1S/C25H29BrN2O4/c1-5-27(6-2)13-14-28-22(17-7-10-19(26)11-8-17)21(24(30)25(28)31)23(29)18-9-12-20(32-4)16(3)15-18/h7-12,15,22,29H,5-6,13-14H2,1-4H3/b23-21-. The molecular weight excluding hydrogens is 472 g/mol. The minimum atomic E-state index is -0.663. The number of amides is 1. The number of aryl methyl sites for hydroxylation is 1. The molecule has 0 saturated carbocycles. The molecule has 7 heteroatoms. The number of likely N-dealkylation sites (tertiary alicyclic amines) is 1. The molecule has 6 nitrogen and oxygen atoms in total. The number of carbonyl (C=O) groups is 2. The molecule has 0 aliphatic carbocycles. The van der Waals surface area contributed by atoms with E-state index in [4.69, 9.17) is 4.74 Å². The molecule has 1 fully saturated rings. The second-order valence-corrected chi connectivity index (χ2v) is 8.67. The highest BCUT2D eigenvalue weighted by molar-refractivity contribution is 9.10. The fraction of sp³-hybridized carbons (Fsp3) is 0.360. The van der Waals surface area contributed by atoms with E-state index in [1.165, 1.54) is 0 Å². The quantitative estimate of drug-likeness (QED) is 0.327. The Balaban J connectivity index is 2.10. The van der Waals surface area contributed by atoms with Crippen LogP contribution in [-0.2, 0) is 9.59 Å². The lowest BCUT2D eigenvalue weighted by molar-refractivity contribution is -0.140. The Labute approximate surface area is 197 Å². The highest BCUT2D eigenvalue weighted by atomic mass is 79.9. The predicted molar refractivity (Wildman–Crippen MR) is 129 cm³/mol. The van der Waals surface area contributed by atoms with Crippen molar-refractivity contribution in [2.75, 3.05) is 33.3 Å². The predicted octanol–water partition coefficient (Wildman–Crippen LogP) is 4.53. The number of nitrogens with zero attached hydrogens (tertiary/aromatic N) is 2. The number of rotatable bonds is 8. The molecule has 32 heavy (non-hydrogen) atoms. The number of ether oxygens (including phenoxy) is 1. The first-order valence-corrected chi connectivity index (χ1v) is 11.5. The zero-order valence-corrected chi connectivity index (χ0v) is 20.5. The van der Waals surface area contributed by atoms with Gasteiger partial charge in [-0.1, -0.05) is 41.9 Å². The van der Waals surface area contributed by atoms with Crippen molar-refractivity contribution in [1.82, 2.24) is 9.80 Å². The molecule has 1 amide bonds. The van der Waals surface area contributed by atoms with Crippen LogP contribution in [0.2, 0.25) is 0 Å². The van der Waals surface area contributed by atoms with Crippen LogP contribution in [0, 0.1) is 6.92 Å². The minimum Gasteiger partial charge on any atom is -0.507 e. The Morgan fingerprint density at radius 1 is 1.12 bits per heavy atom. The van der Waals surface area contributed by atoms with Crippen molar-refractivity contribution in [2.24, 2.45) is 0 Å². The summed E-state index contributed by atoms with van der Waals surface area (Å²) in [4.78, 5) is 29.9. The van der Waals surface area contributed by atoms with Crippen LogP contribution in [0.25, 0.3) is 5.76 Å². The summed E-state index contributed by atoms with van der Waals surface area (Å²) in [7, 11) is 1.58. The van der Waals surface area contributed by atoms with Crippen LogP contribution >= 0.6 is 15.9 Å². The summed E-state index contributed by atoms with van der Waals surface area (Å²) in [5, 5.41) is 11.2. The Kier molecular flexibility index (Phi) is 7.74. The fourth-order valence-corrected chi connectivity index (χ4v) is 4.34. The molecular formula is C25H29BrN2O4. The Morgan fingerprint density at radius 3 is 2.34 bits per heavy atom. The topological polar surface area (TPSA) is 70.1 Å². The van der Waals surface area contributed by atoms with E-state index in [0.29, 0.717) is 24.4 Å². The molecule has 2 aromatic rings. The molecule has 1 aliphatic heterocycles. The van der Waals surface area contributed by atoms with Crippen molar-refractivity contribution in [2.45, 2.75) is 26.8 Å². The van der Waals surface area contributed by atoms with Gasteiger partial charge in [-0.3, -0.25) is 9.59 Å². The summed E-state index contributed by atoms with van der Waals surface area (Å²) in [6, 6.07) is 12.0. The van der Waals surface area contributed by atoms with Gasteiger partial charge in [-0.15, -0.1) is 0 Å². The number of hydrogen-bond acceptors (Lipinski definition) is 5. The molecule has 1 atom stereocenters. The average Bonchev–Trinajstić information content (AvgIpc) is 3.04. The van der Waals surface area contributed by atoms with Crippen molar-refractivity contribution >= 4 is 33.4 Å². The zero-order chi connectivity index (χ0) is 23.4. The third-order valence-corrected chi connectivity index (χ3v) is 6.47. The summed E-state index contributed by atoms with van der Waals surface area (Å²) >= 11 is 3.44. The summed E-state index contributed by atoms with van der Waals surface area (Å²) in [6.45, 7) is 8.75. The maximum absolute atomic E-state index is 13.1. The van der Waals surface area contributed by atoms with E-state index in [1.54, 1.807) is 30.2 Å². The van der Waals surface area contributed by atoms with Crippen molar-refractivity contribution in [3.63, 3.8) is 0 Å². The lowest BCUT2D eigenvalue weighted by Gasteiger charge is -2.28.